The number of hydrogen-bond acceptors (Lipinski definition) is 6. The van der Waals surface area contributed by atoms with Crippen molar-refractivity contribution in [2.75, 3.05) is 29.9 Å². The molecule has 1 aromatic carbocycles. The van der Waals surface area contributed by atoms with Crippen molar-refractivity contribution < 1.29 is 18.3 Å². The highest BCUT2D eigenvalue weighted by atomic mass is 19.1. The minimum atomic E-state index is -0.534. The number of carbonyl (C=O) groups is 1. The van der Waals surface area contributed by atoms with E-state index in [4.69, 9.17) is 9.72 Å². The van der Waals surface area contributed by atoms with E-state index in [-0.39, 0.29) is 17.7 Å². The van der Waals surface area contributed by atoms with E-state index in [2.05, 4.69) is 17.3 Å². The van der Waals surface area contributed by atoms with E-state index in [1.807, 2.05) is 42.8 Å². The molecule has 2 aliphatic rings. The molecular formula is C28H36F2N6O2. The van der Waals surface area contributed by atoms with Crippen molar-refractivity contribution in [2.24, 2.45) is 0 Å². The standard InChI is InChI=1S/C28H36F2N6O2/c1-27(2,3)38-26(37)35-15-6-11-28(35,4)12-13-31-22-18-32-36-16-10-24(33-25(22)36)34-14-5-7-23(34)20-17-19(29)8-9-21(20)30/h8-10,16-18,23,31H,5-7,11-15H2,1-4H3/t23-,28-/m1/s1. The number of ether oxygens (including phenoxy) is 1. The second-order valence-corrected chi connectivity index (χ2v) is 11.5. The molecule has 1 amide bonds. The zero-order valence-corrected chi connectivity index (χ0v) is 22.5. The SMILES string of the molecule is CC(C)(C)OC(=O)N1CCC[C@]1(C)CCNc1cnn2ccc(N3CCC[C@@H]3c3cc(F)ccc3F)nc12. The Hall–Kier alpha value is -3.43. The highest BCUT2D eigenvalue weighted by Gasteiger charge is 2.41. The number of halogens is 2. The average Bonchev–Trinajstić information content (AvgIpc) is 3.58. The van der Waals surface area contributed by atoms with Gasteiger partial charge in [-0.3, -0.25) is 0 Å². The van der Waals surface area contributed by atoms with Crippen LogP contribution in [0.2, 0.25) is 0 Å². The van der Waals surface area contributed by atoms with Gasteiger partial charge in [0.1, 0.15) is 23.1 Å². The molecule has 2 aromatic heterocycles. The van der Waals surface area contributed by atoms with Gasteiger partial charge in [-0.2, -0.15) is 5.10 Å². The van der Waals surface area contributed by atoms with Crippen molar-refractivity contribution >= 4 is 23.2 Å². The summed E-state index contributed by atoms with van der Waals surface area (Å²) in [4.78, 5) is 21.5. The lowest BCUT2D eigenvalue weighted by Gasteiger charge is -2.36. The van der Waals surface area contributed by atoms with Crippen molar-refractivity contribution in [1.29, 1.82) is 0 Å². The number of nitrogens with zero attached hydrogens (tertiary/aromatic N) is 5. The van der Waals surface area contributed by atoms with Crippen LogP contribution in [0.5, 0.6) is 0 Å². The van der Waals surface area contributed by atoms with Gasteiger partial charge in [0.05, 0.1) is 17.9 Å². The predicted molar refractivity (Wildman–Crippen MR) is 142 cm³/mol. The van der Waals surface area contributed by atoms with E-state index in [9.17, 15) is 13.6 Å². The van der Waals surface area contributed by atoms with E-state index >= 15 is 0 Å². The third kappa shape index (κ3) is 5.26. The smallest absolute Gasteiger partial charge is 0.410 e. The topological polar surface area (TPSA) is 75.0 Å². The quantitative estimate of drug-likeness (QED) is 0.429. The summed E-state index contributed by atoms with van der Waals surface area (Å²) in [6, 6.07) is 5.20. The van der Waals surface area contributed by atoms with Gasteiger partial charge in [0.25, 0.3) is 0 Å². The van der Waals surface area contributed by atoms with Crippen molar-refractivity contribution in [3.63, 3.8) is 0 Å². The average molecular weight is 527 g/mol. The Morgan fingerprint density at radius 3 is 2.82 bits per heavy atom. The molecule has 2 saturated heterocycles. The van der Waals surface area contributed by atoms with Gasteiger partial charge in [-0.15, -0.1) is 0 Å². The minimum absolute atomic E-state index is 0.269. The van der Waals surface area contributed by atoms with Gasteiger partial charge in [-0.25, -0.2) is 23.1 Å². The van der Waals surface area contributed by atoms with Crippen LogP contribution < -0.4 is 10.2 Å². The van der Waals surface area contributed by atoms with Crippen LogP contribution in [-0.4, -0.2) is 56.4 Å². The summed E-state index contributed by atoms with van der Waals surface area (Å²) >= 11 is 0. The first-order valence-corrected chi connectivity index (χ1v) is 13.3. The highest BCUT2D eigenvalue weighted by molar-refractivity contribution is 5.70. The minimum Gasteiger partial charge on any atom is -0.444 e. The number of rotatable bonds is 6. The fraction of sp³-hybridized carbons (Fsp3) is 0.536. The third-order valence-electron chi connectivity index (χ3n) is 7.56. The maximum absolute atomic E-state index is 14.6. The van der Waals surface area contributed by atoms with Gasteiger partial charge in [0, 0.05) is 36.9 Å². The van der Waals surface area contributed by atoms with Gasteiger partial charge in [-0.05, 0) is 84.1 Å². The zero-order chi connectivity index (χ0) is 27.1. The fourth-order valence-electron chi connectivity index (χ4n) is 5.66. The molecule has 2 aliphatic heterocycles. The normalized spacial score (nSPS) is 21.9. The summed E-state index contributed by atoms with van der Waals surface area (Å²) in [6.45, 7) is 9.78. The monoisotopic (exact) mass is 526 g/mol. The molecule has 10 heteroatoms. The Bertz CT molecular complexity index is 1320. The molecule has 0 radical (unpaired) electrons. The van der Waals surface area contributed by atoms with Gasteiger partial charge in [-0.1, -0.05) is 0 Å². The largest absolute Gasteiger partial charge is 0.444 e. The molecule has 8 nitrogen and oxygen atoms in total. The van der Waals surface area contributed by atoms with Crippen LogP contribution >= 0.6 is 0 Å². The molecule has 204 valence electrons. The third-order valence-corrected chi connectivity index (χ3v) is 7.56. The molecule has 1 N–H and O–H groups in total. The molecule has 38 heavy (non-hydrogen) atoms. The van der Waals surface area contributed by atoms with Crippen molar-refractivity contribution in [1.82, 2.24) is 19.5 Å². The number of anilines is 2. The maximum Gasteiger partial charge on any atom is 0.410 e. The fourth-order valence-corrected chi connectivity index (χ4v) is 5.66. The molecule has 0 aliphatic carbocycles. The molecule has 4 heterocycles. The maximum atomic E-state index is 14.6. The van der Waals surface area contributed by atoms with E-state index < -0.39 is 17.2 Å². The van der Waals surface area contributed by atoms with E-state index in [0.717, 1.165) is 43.9 Å². The summed E-state index contributed by atoms with van der Waals surface area (Å²) < 4.78 is 35.8. The van der Waals surface area contributed by atoms with Gasteiger partial charge >= 0.3 is 6.09 Å². The molecule has 0 saturated carbocycles. The molecule has 0 unspecified atom stereocenters. The molecule has 0 bridgehead atoms. The molecule has 2 atom stereocenters. The highest BCUT2D eigenvalue weighted by Crippen LogP contribution is 2.37. The Balaban J connectivity index is 1.30. The summed E-state index contributed by atoms with van der Waals surface area (Å²) in [5.74, 6) is -0.150. The van der Waals surface area contributed by atoms with Crippen LogP contribution in [-0.2, 0) is 4.74 Å². The second-order valence-electron chi connectivity index (χ2n) is 11.5. The van der Waals surface area contributed by atoms with Crippen LogP contribution in [0.25, 0.3) is 5.65 Å². The van der Waals surface area contributed by atoms with Crippen molar-refractivity contribution in [3.8, 4) is 0 Å². The zero-order valence-electron chi connectivity index (χ0n) is 22.5. The lowest BCUT2D eigenvalue weighted by molar-refractivity contribution is 0.00992. The number of carbonyl (C=O) groups excluding carboxylic acids is 1. The molecule has 2 fully saturated rings. The van der Waals surface area contributed by atoms with Crippen LogP contribution in [0, 0.1) is 11.6 Å². The summed E-state index contributed by atoms with van der Waals surface area (Å²) in [5.41, 5.74) is 0.969. The number of amides is 1. The lowest BCUT2D eigenvalue weighted by atomic mass is 9.94. The van der Waals surface area contributed by atoms with Crippen LogP contribution in [0.15, 0.2) is 36.7 Å². The van der Waals surface area contributed by atoms with Crippen molar-refractivity contribution in [2.45, 2.75) is 77.0 Å². The molecule has 5 rings (SSSR count). The second kappa shape index (κ2) is 10.0. The number of fused-ring (bicyclic) bond motifs is 1. The number of nitrogens with one attached hydrogen (secondary N) is 1. The number of aromatic nitrogens is 3. The Labute approximate surface area is 222 Å². The Kier molecular flexibility index (Phi) is 6.92. The summed E-state index contributed by atoms with van der Waals surface area (Å²) in [5, 5.41) is 7.87. The van der Waals surface area contributed by atoms with Crippen LogP contribution in [0.3, 0.4) is 0 Å². The Morgan fingerprint density at radius 2 is 2.03 bits per heavy atom. The molecular weight excluding hydrogens is 490 g/mol. The first-order chi connectivity index (χ1) is 18.0. The number of likely N-dealkylation sites (tertiary alicyclic amines) is 1. The molecule has 3 aromatic rings. The molecule has 0 spiro atoms. The van der Waals surface area contributed by atoms with Gasteiger partial charge < -0.3 is 19.9 Å². The van der Waals surface area contributed by atoms with Gasteiger partial charge in [0.2, 0.25) is 0 Å². The van der Waals surface area contributed by atoms with E-state index in [1.54, 1.807) is 10.7 Å². The van der Waals surface area contributed by atoms with E-state index in [0.29, 0.717) is 36.7 Å². The van der Waals surface area contributed by atoms with Gasteiger partial charge in [0.15, 0.2) is 5.65 Å². The Morgan fingerprint density at radius 1 is 1.21 bits per heavy atom. The number of benzene rings is 1. The van der Waals surface area contributed by atoms with E-state index in [1.165, 1.54) is 12.1 Å². The predicted octanol–water partition coefficient (Wildman–Crippen LogP) is 5.94. The first-order valence-electron chi connectivity index (χ1n) is 13.3. The summed E-state index contributed by atoms with van der Waals surface area (Å²) in [7, 11) is 0. The lowest BCUT2D eigenvalue weighted by Crippen LogP contribution is -2.48. The van der Waals surface area contributed by atoms with Crippen LogP contribution in [0.4, 0.5) is 25.1 Å². The first kappa shape index (κ1) is 26.2. The summed E-state index contributed by atoms with van der Waals surface area (Å²) in [6.07, 6.45) is 7.50. The van der Waals surface area contributed by atoms with Crippen LogP contribution in [0.1, 0.15) is 71.4 Å². The number of hydrogen-bond donors (Lipinski definition) is 1. The van der Waals surface area contributed by atoms with Crippen molar-refractivity contribution in [3.05, 3.63) is 53.9 Å².